The highest BCUT2D eigenvalue weighted by Gasteiger charge is 2.16. The minimum atomic E-state index is -0.526. The summed E-state index contributed by atoms with van der Waals surface area (Å²) in [6.45, 7) is 3.88. The fourth-order valence-electron chi connectivity index (χ4n) is 3.37. The monoisotopic (exact) mass is 418 g/mol. The van der Waals surface area contributed by atoms with Gasteiger partial charge in [0.15, 0.2) is 5.82 Å². The molecular formula is C22H22N6O3. The van der Waals surface area contributed by atoms with Gasteiger partial charge in [0.2, 0.25) is 0 Å². The molecule has 0 aliphatic carbocycles. The van der Waals surface area contributed by atoms with Gasteiger partial charge in [-0.25, -0.2) is 0 Å². The summed E-state index contributed by atoms with van der Waals surface area (Å²) in [5.41, 5.74) is 2.31. The van der Waals surface area contributed by atoms with Crippen molar-refractivity contribution in [1.29, 1.82) is 0 Å². The summed E-state index contributed by atoms with van der Waals surface area (Å²) < 4.78 is 0. The Morgan fingerprint density at radius 3 is 2.39 bits per heavy atom. The summed E-state index contributed by atoms with van der Waals surface area (Å²) >= 11 is 0. The number of rotatable bonds is 5. The van der Waals surface area contributed by atoms with Crippen LogP contribution in [0, 0.1) is 10.1 Å². The van der Waals surface area contributed by atoms with Crippen LogP contribution in [0.3, 0.4) is 0 Å². The number of anilines is 2. The molecule has 1 saturated heterocycles. The molecule has 0 unspecified atom stereocenters. The summed E-state index contributed by atoms with van der Waals surface area (Å²) in [5.74, 6) is 0.463. The lowest BCUT2D eigenvalue weighted by Gasteiger charge is -2.32. The molecule has 1 aliphatic heterocycles. The predicted molar refractivity (Wildman–Crippen MR) is 118 cm³/mol. The molecule has 158 valence electrons. The van der Waals surface area contributed by atoms with Gasteiger partial charge in [0.05, 0.1) is 10.6 Å². The zero-order valence-electron chi connectivity index (χ0n) is 17.1. The number of carbonyl (C=O) groups excluding carboxylic acids is 1. The molecule has 1 aromatic heterocycles. The average molecular weight is 418 g/mol. The number of carbonyl (C=O) groups is 1. The van der Waals surface area contributed by atoms with Crippen molar-refractivity contribution < 1.29 is 9.72 Å². The van der Waals surface area contributed by atoms with Gasteiger partial charge in [0, 0.05) is 55.1 Å². The first-order valence-corrected chi connectivity index (χ1v) is 9.93. The molecule has 1 N–H and O–H groups in total. The van der Waals surface area contributed by atoms with E-state index in [1.165, 1.54) is 24.3 Å². The van der Waals surface area contributed by atoms with E-state index in [0.717, 1.165) is 43.3 Å². The van der Waals surface area contributed by atoms with Crippen LogP contribution in [0.2, 0.25) is 0 Å². The summed E-state index contributed by atoms with van der Waals surface area (Å²) in [6, 6.07) is 16.8. The molecule has 4 rings (SSSR count). The van der Waals surface area contributed by atoms with Crippen molar-refractivity contribution in [1.82, 2.24) is 15.1 Å². The number of aromatic nitrogens is 2. The lowest BCUT2D eigenvalue weighted by molar-refractivity contribution is -0.384. The van der Waals surface area contributed by atoms with Gasteiger partial charge in [0.1, 0.15) is 0 Å². The molecule has 0 saturated carbocycles. The van der Waals surface area contributed by atoms with Crippen molar-refractivity contribution in [3.8, 4) is 11.3 Å². The Hall–Kier alpha value is -3.85. The number of nitrogens with one attached hydrogen (secondary N) is 1. The molecule has 1 aliphatic rings. The van der Waals surface area contributed by atoms with Crippen molar-refractivity contribution in [2.45, 2.75) is 0 Å². The third-order valence-corrected chi connectivity index (χ3v) is 5.24. The number of nitro groups is 1. The van der Waals surface area contributed by atoms with Crippen molar-refractivity contribution >= 4 is 23.1 Å². The summed E-state index contributed by atoms with van der Waals surface area (Å²) in [7, 11) is 2.11. The summed E-state index contributed by atoms with van der Waals surface area (Å²) in [6.07, 6.45) is 0. The largest absolute Gasteiger partial charge is 0.353 e. The molecule has 0 radical (unpaired) electrons. The summed E-state index contributed by atoms with van der Waals surface area (Å²) in [4.78, 5) is 27.3. The number of amides is 1. The van der Waals surface area contributed by atoms with Crippen LogP contribution in [-0.2, 0) is 0 Å². The minimum Gasteiger partial charge on any atom is -0.353 e. The van der Waals surface area contributed by atoms with E-state index >= 15 is 0 Å². The number of hydrogen-bond acceptors (Lipinski definition) is 7. The number of nitrogens with zero attached hydrogens (tertiary/aromatic N) is 5. The second-order valence-electron chi connectivity index (χ2n) is 7.41. The smallest absolute Gasteiger partial charge is 0.270 e. The molecule has 1 fully saturated rings. The second kappa shape index (κ2) is 8.88. The summed E-state index contributed by atoms with van der Waals surface area (Å²) in [5, 5.41) is 22.4. The van der Waals surface area contributed by atoms with Crippen LogP contribution in [0.1, 0.15) is 10.4 Å². The highest BCUT2D eigenvalue weighted by atomic mass is 16.6. The van der Waals surface area contributed by atoms with Crippen LogP contribution in [0.15, 0.2) is 60.7 Å². The van der Waals surface area contributed by atoms with Crippen LogP contribution < -0.4 is 10.2 Å². The number of nitro benzene ring substituents is 1. The first-order valence-electron chi connectivity index (χ1n) is 9.93. The van der Waals surface area contributed by atoms with Crippen LogP contribution in [0.4, 0.5) is 17.2 Å². The lowest BCUT2D eigenvalue weighted by atomic mass is 10.1. The van der Waals surface area contributed by atoms with E-state index in [-0.39, 0.29) is 11.3 Å². The zero-order chi connectivity index (χ0) is 21.8. The minimum absolute atomic E-state index is 0.124. The highest BCUT2D eigenvalue weighted by molar-refractivity contribution is 6.04. The Labute approximate surface area is 179 Å². The highest BCUT2D eigenvalue weighted by Crippen LogP contribution is 2.22. The number of benzene rings is 2. The number of likely N-dealkylation sites (N-methyl/N-ethyl adjacent to an activating group) is 1. The fourth-order valence-corrected chi connectivity index (χ4v) is 3.37. The van der Waals surface area contributed by atoms with Gasteiger partial charge in [-0.1, -0.05) is 18.2 Å². The van der Waals surface area contributed by atoms with E-state index in [2.05, 4.69) is 32.4 Å². The maximum atomic E-state index is 12.4. The van der Waals surface area contributed by atoms with Gasteiger partial charge in [-0.3, -0.25) is 14.9 Å². The normalized spacial score (nSPS) is 14.3. The molecule has 1 amide bonds. The standard InChI is InChI=1S/C22H22N6O3/c1-26-11-13-27(14-12-26)21-10-9-20(24-25-21)16-5-7-18(8-6-16)23-22(29)17-3-2-4-19(15-17)28(30)31/h2-10,15H,11-14H2,1H3,(H,23,29). The number of hydrogen-bond donors (Lipinski definition) is 1. The van der Waals surface area contributed by atoms with Crippen molar-refractivity contribution in [2.75, 3.05) is 43.4 Å². The van der Waals surface area contributed by atoms with Crippen LogP contribution >= 0.6 is 0 Å². The third kappa shape index (κ3) is 4.84. The average Bonchev–Trinajstić information content (AvgIpc) is 2.80. The second-order valence-corrected chi connectivity index (χ2v) is 7.41. The number of piperazine rings is 1. The van der Waals surface area contributed by atoms with E-state index in [1.54, 1.807) is 12.1 Å². The topological polar surface area (TPSA) is 104 Å². The maximum Gasteiger partial charge on any atom is 0.270 e. The Morgan fingerprint density at radius 2 is 1.74 bits per heavy atom. The van der Waals surface area contributed by atoms with Crippen molar-refractivity contribution in [3.05, 3.63) is 76.3 Å². The van der Waals surface area contributed by atoms with E-state index in [9.17, 15) is 14.9 Å². The van der Waals surface area contributed by atoms with E-state index in [0.29, 0.717) is 5.69 Å². The predicted octanol–water partition coefficient (Wildman–Crippen LogP) is 3.06. The SMILES string of the molecule is CN1CCN(c2ccc(-c3ccc(NC(=O)c4cccc([N+](=O)[O-])c4)cc3)nn2)CC1. The first kappa shape index (κ1) is 20.4. The molecule has 3 aromatic rings. The fraction of sp³-hybridized carbons (Fsp3) is 0.227. The van der Waals surface area contributed by atoms with Crippen molar-refractivity contribution in [2.24, 2.45) is 0 Å². The number of non-ortho nitro benzene ring substituents is 1. The molecule has 2 aromatic carbocycles. The van der Waals surface area contributed by atoms with Gasteiger partial charge in [-0.05, 0) is 37.4 Å². The molecule has 0 atom stereocenters. The Bertz CT molecular complexity index is 1080. The first-order chi connectivity index (χ1) is 15.0. The van der Waals surface area contributed by atoms with Gasteiger partial charge in [0.25, 0.3) is 11.6 Å². The van der Waals surface area contributed by atoms with Gasteiger partial charge in [-0.2, -0.15) is 0 Å². The van der Waals surface area contributed by atoms with Gasteiger partial charge in [-0.15, -0.1) is 10.2 Å². The van der Waals surface area contributed by atoms with Gasteiger partial charge < -0.3 is 15.1 Å². The lowest BCUT2D eigenvalue weighted by Crippen LogP contribution is -2.44. The molecule has 31 heavy (non-hydrogen) atoms. The third-order valence-electron chi connectivity index (χ3n) is 5.24. The van der Waals surface area contributed by atoms with E-state index in [4.69, 9.17) is 0 Å². The molecule has 0 spiro atoms. The Balaban J connectivity index is 1.41. The molecule has 0 bridgehead atoms. The molecular weight excluding hydrogens is 396 g/mol. The van der Waals surface area contributed by atoms with E-state index in [1.807, 2.05) is 24.3 Å². The van der Waals surface area contributed by atoms with Gasteiger partial charge >= 0.3 is 0 Å². The Kier molecular flexibility index (Phi) is 5.85. The van der Waals surface area contributed by atoms with Crippen molar-refractivity contribution in [3.63, 3.8) is 0 Å². The molecule has 9 heteroatoms. The zero-order valence-corrected chi connectivity index (χ0v) is 17.1. The van der Waals surface area contributed by atoms with Crippen LogP contribution in [-0.4, -0.2) is 59.2 Å². The van der Waals surface area contributed by atoms with Crippen LogP contribution in [0.5, 0.6) is 0 Å². The molecule has 9 nitrogen and oxygen atoms in total. The molecule has 2 heterocycles. The van der Waals surface area contributed by atoms with E-state index < -0.39 is 10.8 Å². The van der Waals surface area contributed by atoms with Crippen LogP contribution in [0.25, 0.3) is 11.3 Å². The maximum absolute atomic E-state index is 12.4. The Morgan fingerprint density at radius 1 is 1.00 bits per heavy atom. The quantitative estimate of drug-likeness (QED) is 0.501.